The van der Waals surface area contributed by atoms with Crippen LogP contribution in [-0.2, 0) is 9.47 Å². The molecule has 14 heteroatoms. The van der Waals surface area contributed by atoms with Gasteiger partial charge in [-0.2, -0.15) is 0 Å². The van der Waals surface area contributed by atoms with Gasteiger partial charge in [0.25, 0.3) is 0 Å². The van der Waals surface area contributed by atoms with Gasteiger partial charge in [-0.25, -0.2) is 29.5 Å². The number of benzene rings is 4. The molecule has 2 atom stereocenters. The van der Waals surface area contributed by atoms with Gasteiger partial charge in [0.05, 0.1) is 48.5 Å². The van der Waals surface area contributed by atoms with Gasteiger partial charge >= 0.3 is 12.2 Å². The summed E-state index contributed by atoms with van der Waals surface area (Å²) in [5.41, 5.74) is 2.80. The van der Waals surface area contributed by atoms with Crippen molar-refractivity contribution in [3.05, 3.63) is 97.1 Å². The second-order valence-corrected chi connectivity index (χ2v) is 12.9. The van der Waals surface area contributed by atoms with Crippen LogP contribution < -0.4 is 20.4 Å². The fraction of sp³-hybridized carbons (Fsp3) is 0.375. The smallest absolute Gasteiger partial charge is 0.407 e. The summed E-state index contributed by atoms with van der Waals surface area (Å²) in [6.45, 7) is 18.8. The molecule has 2 aliphatic heterocycles. The third kappa shape index (κ3) is 12.7. The van der Waals surface area contributed by atoms with Crippen LogP contribution in [0.5, 0.6) is 11.5 Å². The van der Waals surface area contributed by atoms with Crippen LogP contribution in [0.15, 0.2) is 97.1 Å². The predicted octanol–water partition coefficient (Wildman–Crippen LogP) is 9.98. The van der Waals surface area contributed by atoms with Crippen molar-refractivity contribution in [2.75, 3.05) is 50.2 Å². The number of anilines is 2. The van der Waals surface area contributed by atoms with Crippen LogP contribution in [0.3, 0.4) is 0 Å². The molecule has 8 rings (SSSR count). The number of carbonyl (C=O) groups is 2. The van der Waals surface area contributed by atoms with E-state index in [1.54, 1.807) is 36.4 Å². The molecule has 0 bridgehead atoms. The van der Waals surface area contributed by atoms with E-state index in [-0.39, 0.29) is 23.6 Å². The number of phenols is 2. The van der Waals surface area contributed by atoms with Crippen LogP contribution in [0.2, 0.25) is 0 Å². The van der Waals surface area contributed by atoms with Crippen LogP contribution in [0.4, 0.5) is 21.2 Å². The van der Waals surface area contributed by atoms with Gasteiger partial charge in [-0.1, -0.05) is 104 Å². The molecule has 2 amide bonds. The zero-order chi connectivity index (χ0) is 45.6. The Kier molecular flexibility index (Phi) is 20.7. The SMILES string of the molecule is CC.CC.CC.CC.COC(=O)N[C@@H]1CCN(c2nc(-c3ccccc3O)nc3ccccc23)C1.COC(=O)N[C@H]1CCN(c2nc(-c3ccccc3O)nc3ccccc23)C1. The first kappa shape index (κ1) is 49.7. The summed E-state index contributed by atoms with van der Waals surface area (Å²) in [4.78, 5) is 46.0. The minimum absolute atomic E-state index is 0.000226. The molecule has 2 saturated heterocycles. The number of nitrogens with one attached hydrogen (secondary N) is 2. The largest absolute Gasteiger partial charge is 0.507 e. The summed E-state index contributed by atoms with van der Waals surface area (Å²) < 4.78 is 9.38. The summed E-state index contributed by atoms with van der Waals surface area (Å²) in [6, 6.07) is 29.7. The summed E-state index contributed by atoms with van der Waals surface area (Å²) in [6.07, 6.45) is 0.757. The number of phenolic OH excluding ortho intramolecular Hbond substituents is 2. The molecule has 0 aliphatic carbocycles. The third-order valence-corrected chi connectivity index (χ3v) is 9.45. The van der Waals surface area contributed by atoms with Crippen LogP contribution in [0.25, 0.3) is 44.6 Å². The highest BCUT2D eigenvalue weighted by molar-refractivity contribution is 5.92. The van der Waals surface area contributed by atoms with Crippen molar-refractivity contribution >= 4 is 45.6 Å². The average molecular weight is 849 g/mol. The Morgan fingerprint density at radius 3 is 1.23 bits per heavy atom. The van der Waals surface area contributed by atoms with Crippen LogP contribution in [0.1, 0.15) is 68.2 Å². The van der Waals surface area contributed by atoms with Crippen molar-refractivity contribution in [2.45, 2.75) is 80.3 Å². The third-order valence-electron chi connectivity index (χ3n) is 9.45. The Morgan fingerprint density at radius 1 is 0.532 bits per heavy atom. The average Bonchev–Trinajstić information content (AvgIpc) is 4.01. The van der Waals surface area contributed by atoms with Crippen LogP contribution in [-0.4, -0.2) is 94.8 Å². The number of amides is 2. The minimum Gasteiger partial charge on any atom is -0.507 e. The van der Waals surface area contributed by atoms with E-state index in [2.05, 4.69) is 30.4 Å². The number of hydrogen-bond acceptors (Lipinski definition) is 12. The number of carbonyl (C=O) groups excluding carboxylic acids is 2. The highest BCUT2D eigenvalue weighted by Crippen LogP contribution is 2.34. The first-order valence-corrected chi connectivity index (χ1v) is 21.6. The molecular weight excluding hydrogens is 785 g/mol. The van der Waals surface area contributed by atoms with Crippen molar-refractivity contribution in [1.82, 2.24) is 30.6 Å². The minimum atomic E-state index is -0.427. The zero-order valence-electron chi connectivity index (χ0n) is 37.8. The van der Waals surface area contributed by atoms with E-state index in [1.807, 2.05) is 116 Å². The van der Waals surface area contributed by atoms with E-state index in [4.69, 9.17) is 19.4 Å². The van der Waals surface area contributed by atoms with E-state index < -0.39 is 12.2 Å². The quantitative estimate of drug-likeness (QED) is 0.125. The lowest BCUT2D eigenvalue weighted by Gasteiger charge is -2.20. The molecule has 2 aliphatic rings. The highest BCUT2D eigenvalue weighted by Gasteiger charge is 2.28. The summed E-state index contributed by atoms with van der Waals surface area (Å²) >= 11 is 0. The van der Waals surface area contributed by atoms with Gasteiger partial charge in [0, 0.05) is 37.0 Å². The molecule has 4 heterocycles. The van der Waals surface area contributed by atoms with Gasteiger partial charge in [0.2, 0.25) is 0 Å². The molecule has 0 saturated carbocycles. The number of para-hydroxylation sites is 4. The van der Waals surface area contributed by atoms with Crippen molar-refractivity contribution in [3.63, 3.8) is 0 Å². The number of nitrogens with zero attached hydrogens (tertiary/aromatic N) is 6. The molecular formula is C48H64N8O6. The fourth-order valence-electron chi connectivity index (χ4n) is 6.76. The number of aromatic nitrogens is 4. The molecule has 0 spiro atoms. The maximum Gasteiger partial charge on any atom is 0.407 e. The van der Waals surface area contributed by atoms with Crippen LogP contribution in [0, 0.1) is 0 Å². The maximum absolute atomic E-state index is 11.5. The lowest BCUT2D eigenvalue weighted by Crippen LogP contribution is -2.37. The van der Waals surface area contributed by atoms with E-state index in [9.17, 15) is 19.8 Å². The molecule has 4 aromatic carbocycles. The second kappa shape index (κ2) is 25.8. The molecule has 0 unspecified atom stereocenters. The summed E-state index contributed by atoms with van der Waals surface area (Å²) in [7, 11) is 2.72. The van der Waals surface area contributed by atoms with E-state index in [0.29, 0.717) is 35.9 Å². The van der Waals surface area contributed by atoms with E-state index in [1.165, 1.54) is 14.2 Å². The molecule has 14 nitrogen and oxygen atoms in total. The molecule has 62 heavy (non-hydrogen) atoms. The number of fused-ring (bicyclic) bond motifs is 2. The van der Waals surface area contributed by atoms with E-state index >= 15 is 0 Å². The zero-order valence-corrected chi connectivity index (χ0v) is 37.8. The molecule has 4 N–H and O–H groups in total. The Bertz CT molecular complexity index is 2150. The normalized spacial score (nSPS) is 14.7. The maximum atomic E-state index is 11.5. The first-order valence-electron chi connectivity index (χ1n) is 21.6. The Labute approximate surface area is 366 Å². The topological polar surface area (TPSA) is 175 Å². The Balaban J connectivity index is 0.000000285. The van der Waals surface area contributed by atoms with Gasteiger partial charge < -0.3 is 40.1 Å². The number of alkyl carbamates (subject to hydrolysis) is 2. The standard InChI is InChI=1S/2C20H20N4O3.4C2H6/c2*1-27-20(26)21-13-10-11-24(12-13)19-14-6-2-4-8-16(14)22-18(23-19)15-7-3-5-9-17(15)25;4*1-2/h2*2-9,13,25H,10-12H2,1H3,(H,21,26);4*1-2H3/t2*13-;;;;/m10..../s1. The predicted molar refractivity (Wildman–Crippen MR) is 251 cm³/mol. The highest BCUT2D eigenvalue weighted by atomic mass is 16.5. The second-order valence-electron chi connectivity index (χ2n) is 12.9. The Morgan fingerprint density at radius 2 is 0.871 bits per heavy atom. The van der Waals surface area contributed by atoms with Gasteiger partial charge in [0.15, 0.2) is 11.6 Å². The van der Waals surface area contributed by atoms with Crippen molar-refractivity contribution in [1.29, 1.82) is 0 Å². The molecule has 2 aromatic heterocycles. The van der Waals surface area contributed by atoms with Gasteiger partial charge in [-0.05, 0) is 61.4 Å². The number of hydrogen-bond donors (Lipinski definition) is 4. The van der Waals surface area contributed by atoms with Crippen LogP contribution >= 0.6 is 0 Å². The van der Waals surface area contributed by atoms with Gasteiger partial charge in [0.1, 0.15) is 23.1 Å². The van der Waals surface area contributed by atoms with E-state index in [0.717, 1.165) is 59.4 Å². The van der Waals surface area contributed by atoms with Crippen molar-refractivity contribution in [3.8, 4) is 34.3 Å². The molecule has 6 aromatic rings. The first-order chi connectivity index (χ1) is 30.3. The van der Waals surface area contributed by atoms with Gasteiger partial charge in [-0.3, -0.25) is 0 Å². The number of aromatic hydroxyl groups is 2. The van der Waals surface area contributed by atoms with Crippen molar-refractivity contribution in [2.24, 2.45) is 0 Å². The fourth-order valence-corrected chi connectivity index (χ4v) is 6.76. The summed E-state index contributed by atoms with van der Waals surface area (Å²) in [5.74, 6) is 2.84. The number of rotatable bonds is 6. The van der Waals surface area contributed by atoms with Gasteiger partial charge in [-0.15, -0.1) is 0 Å². The van der Waals surface area contributed by atoms with Crippen molar-refractivity contribution < 1.29 is 29.3 Å². The number of methoxy groups -OCH3 is 2. The number of ether oxygens (including phenoxy) is 2. The summed E-state index contributed by atoms with van der Waals surface area (Å²) in [5, 5.41) is 28.0. The molecule has 2 fully saturated rings. The lowest BCUT2D eigenvalue weighted by molar-refractivity contribution is 0.166. The molecule has 332 valence electrons. The Hall–Kier alpha value is -6.70. The molecule has 0 radical (unpaired) electrons. The monoisotopic (exact) mass is 848 g/mol. The lowest BCUT2D eigenvalue weighted by atomic mass is 10.1.